The van der Waals surface area contributed by atoms with Gasteiger partial charge in [-0.1, -0.05) is 6.07 Å². The van der Waals surface area contributed by atoms with Crippen LogP contribution in [0, 0.1) is 0 Å². The van der Waals surface area contributed by atoms with E-state index in [1.807, 2.05) is 51.2 Å². The first-order valence-corrected chi connectivity index (χ1v) is 10.8. The van der Waals surface area contributed by atoms with Crippen molar-refractivity contribution in [3.8, 4) is 0 Å². The molecule has 2 N–H and O–H groups in total. The number of anilines is 1. The highest BCUT2D eigenvalue weighted by Crippen LogP contribution is 2.33. The molecule has 0 bridgehead atoms. The van der Waals surface area contributed by atoms with Gasteiger partial charge in [-0.3, -0.25) is 9.69 Å². The molecule has 174 valence electrons. The number of aromatic nitrogens is 1. The van der Waals surface area contributed by atoms with Crippen LogP contribution in [0.4, 0.5) is 15.3 Å². The van der Waals surface area contributed by atoms with E-state index < -0.39 is 17.6 Å². The molecular formula is C23H32N4O5. The molecule has 1 saturated heterocycles. The van der Waals surface area contributed by atoms with Crippen LogP contribution in [0.2, 0.25) is 0 Å². The lowest BCUT2D eigenvalue weighted by Gasteiger charge is -2.34. The number of hydrogen-bond acceptors (Lipinski definition) is 5. The summed E-state index contributed by atoms with van der Waals surface area (Å²) in [5, 5.41) is 0.880. The Labute approximate surface area is 188 Å². The number of nitrogens with zero attached hydrogens (tertiary/aromatic N) is 3. The lowest BCUT2D eigenvalue weighted by molar-refractivity contribution is -0.140. The Morgan fingerprint density at radius 2 is 1.84 bits per heavy atom. The second kappa shape index (κ2) is 9.50. The van der Waals surface area contributed by atoms with Gasteiger partial charge in [0.2, 0.25) is 0 Å². The van der Waals surface area contributed by atoms with Crippen molar-refractivity contribution in [2.75, 3.05) is 31.6 Å². The van der Waals surface area contributed by atoms with E-state index in [-0.39, 0.29) is 25.1 Å². The molecule has 9 nitrogen and oxygen atoms in total. The Balaban J connectivity index is 1.77. The molecule has 2 aromatic rings. The van der Waals surface area contributed by atoms with Gasteiger partial charge < -0.3 is 24.7 Å². The van der Waals surface area contributed by atoms with Crippen molar-refractivity contribution in [2.24, 2.45) is 5.73 Å². The quantitative estimate of drug-likeness (QED) is 0.708. The number of hydrogen-bond donors (Lipinski definition) is 1. The molecule has 0 unspecified atom stereocenters. The summed E-state index contributed by atoms with van der Waals surface area (Å²) in [5.41, 5.74) is 6.72. The van der Waals surface area contributed by atoms with Gasteiger partial charge in [-0.05, 0) is 51.8 Å². The third-order valence-corrected chi connectivity index (χ3v) is 5.57. The molecule has 0 radical (unpaired) electrons. The highest BCUT2D eigenvalue weighted by Gasteiger charge is 2.28. The molecule has 1 aromatic heterocycles. The zero-order chi connectivity index (χ0) is 23.5. The highest BCUT2D eigenvalue weighted by molar-refractivity contribution is 6.02. The Kier molecular flexibility index (Phi) is 6.96. The van der Waals surface area contributed by atoms with Crippen LogP contribution in [0.25, 0.3) is 10.9 Å². The summed E-state index contributed by atoms with van der Waals surface area (Å²) in [5.74, 6) is -0.405. The zero-order valence-corrected chi connectivity index (χ0v) is 19.2. The molecule has 2 heterocycles. The monoisotopic (exact) mass is 444 g/mol. The van der Waals surface area contributed by atoms with Crippen molar-refractivity contribution in [1.29, 1.82) is 0 Å². The maximum atomic E-state index is 12.3. The Morgan fingerprint density at radius 1 is 1.16 bits per heavy atom. The summed E-state index contributed by atoms with van der Waals surface area (Å²) in [7, 11) is 1.31. The first-order chi connectivity index (χ1) is 15.1. The van der Waals surface area contributed by atoms with Crippen molar-refractivity contribution < 1.29 is 23.9 Å². The predicted molar refractivity (Wildman–Crippen MR) is 122 cm³/mol. The van der Waals surface area contributed by atoms with E-state index in [1.165, 1.54) is 12.0 Å². The summed E-state index contributed by atoms with van der Waals surface area (Å²) in [6, 6.07) is 7.24. The number of urea groups is 1. The summed E-state index contributed by atoms with van der Waals surface area (Å²) < 4.78 is 12.3. The van der Waals surface area contributed by atoms with Crippen LogP contribution in [0.1, 0.15) is 46.1 Å². The largest absolute Gasteiger partial charge is 0.469 e. The number of carbonyl (C=O) groups excluding carboxylic acids is 3. The second-order valence-corrected chi connectivity index (χ2v) is 8.95. The van der Waals surface area contributed by atoms with Gasteiger partial charge in [0.1, 0.15) is 5.60 Å². The fourth-order valence-corrected chi connectivity index (χ4v) is 4.03. The predicted octanol–water partition coefficient (Wildman–Crippen LogP) is 3.66. The molecule has 0 spiro atoms. The van der Waals surface area contributed by atoms with E-state index in [0.29, 0.717) is 18.8 Å². The van der Waals surface area contributed by atoms with Gasteiger partial charge >= 0.3 is 18.1 Å². The number of fused-ring (bicyclic) bond motifs is 1. The van der Waals surface area contributed by atoms with Crippen LogP contribution in [-0.2, 0) is 14.3 Å². The van der Waals surface area contributed by atoms with Crippen LogP contribution in [-0.4, -0.2) is 59.9 Å². The van der Waals surface area contributed by atoms with Crippen molar-refractivity contribution in [2.45, 2.75) is 51.7 Å². The lowest BCUT2D eigenvalue weighted by Crippen LogP contribution is -2.42. The number of carbonyl (C=O) groups is 3. The SMILES string of the molecule is COC(=O)CCN(C(N)=O)c1cccc2c1ccn2C1CCN(C(=O)OC(C)(C)C)CC1. The highest BCUT2D eigenvalue weighted by atomic mass is 16.6. The average Bonchev–Trinajstić information content (AvgIpc) is 3.17. The Bertz CT molecular complexity index is 986. The molecule has 1 aliphatic rings. The summed E-state index contributed by atoms with van der Waals surface area (Å²) in [6.45, 7) is 6.96. The third-order valence-electron chi connectivity index (χ3n) is 5.57. The van der Waals surface area contributed by atoms with Crippen LogP contribution in [0.15, 0.2) is 30.5 Å². The molecule has 1 aliphatic heterocycles. The number of primary amides is 1. The molecule has 0 aliphatic carbocycles. The molecule has 9 heteroatoms. The summed E-state index contributed by atoms with van der Waals surface area (Å²) >= 11 is 0. The molecule has 0 atom stereocenters. The molecule has 1 fully saturated rings. The average molecular weight is 445 g/mol. The number of likely N-dealkylation sites (tertiary alicyclic amines) is 1. The van der Waals surface area contributed by atoms with Crippen LogP contribution < -0.4 is 10.6 Å². The van der Waals surface area contributed by atoms with Gasteiger partial charge in [-0.2, -0.15) is 0 Å². The summed E-state index contributed by atoms with van der Waals surface area (Å²) in [6.07, 6.45) is 3.38. The normalized spacial score (nSPS) is 14.9. The number of esters is 1. The van der Waals surface area contributed by atoms with E-state index in [0.717, 1.165) is 23.7 Å². The van der Waals surface area contributed by atoms with Gasteiger partial charge in [0, 0.05) is 37.3 Å². The molecular weight excluding hydrogens is 412 g/mol. The van der Waals surface area contributed by atoms with Crippen LogP contribution >= 0.6 is 0 Å². The van der Waals surface area contributed by atoms with Crippen LogP contribution in [0.3, 0.4) is 0 Å². The standard InChI is InChI=1S/C23H32N4O5/c1-23(2,3)32-22(30)25-12-8-16(9-13-25)26-14-10-17-18(26)6-5-7-19(17)27(21(24)29)15-11-20(28)31-4/h5-7,10,14,16H,8-9,11-13,15H2,1-4H3,(H2,24,29). The van der Waals surface area contributed by atoms with Gasteiger partial charge in [-0.15, -0.1) is 0 Å². The van der Waals surface area contributed by atoms with Crippen molar-refractivity contribution in [3.63, 3.8) is 0 Å². The molecule has 0 saturated carbocycles. The van der Waals surface area contributed by atoms with Crippen LogP contribution in [0.5, 0.6) is 0 Å². The van der Waals surface area contributed by atoms with Crippen molar-refractivity contribution >= 4 is 34.7 Å². The zero-order valence-electron chi connectivity index (χ0n) is 19.2. The smallest absolute Gasteiger partial charge is 0.410 e. The number of benzene rings is 1. The maximum Gasteiger partial charge on any atom is 0.410 e. The fraction of sp³-hybridized carbons (Fsp3) is 0.522. The minimum absolute atomic E-state index is 0.0552. The number of amides is 3. The lowest BCUT2D eigenvalue weighted by atomic mass is 10.0. The van der Waals surface area contributed by atoms with Gasteiger partial charge in [-0.25, -0.2) is 9.59 Å². The number of methoxy groups -OCH3 is 1. The van der Waals surface area contributed by atoms with E-state index in [9.17, 15) is 14.4 Å². The van der Waals surface area contributed by atoms with E-state index in [2.05, 4.69) is 9.30 Å². The van der Waals surface area contributed by atoms with E-state index in [1.54, 1.807) is 4.90 Å². The molecule has 1 aromatic carbocycles. The second-order valence-electron chi connectivity index (χ2n) is 8.95. The number of ether oxygens (including phenoxy) is 2. The maximum absolute atomic E-state index is 12.3. The number of nitrogens with two attached hydrogens (primary N) is 1. The first kappa shape index (κ1) is 23.4. The van der Waals surface area contributed by atoms with Gasteiger partial charge in [0.05, 0.1) is 24.7 Å². The molecule has 3 amide bonds. The van der Waals surface area contributed by atoms with Crippen molar-refractivity contribution in [1.82, 2.24) is 9.47 Å². The fourth-order valence-electron chi connectivity index (χ4n) is 4.03. The minimum Gasteiger partial charge on any atom is -0.469 e. The van der Waals surface area contributed by atoms with E-state index >= 15 is 0 Å². The minimum atomic E-state index is -0.625. The van der Waals surface area contributed by atoms with Gasteiger partial charge in [0.25, 0.3) is 0 Å². The molecule has 32 heavy (non-hydrogen) atoms. The first-order valence-electron chi connectivity index (χ1n) is 10.8. The topological polar surface area (TPSA) is 107 Å². The van der Waals surface area contributed by atoms with Gasteiger partial charge in [0.15, 0.2) is 0 Å². The summed E-state index contributed by atoms with van der Waals surface area (Å²) in [4.78, 5) is 39.1. The van der Waals surface area contributed by atoms with Crippen molar-refractivity contribution in [3.05, 3.63) is 30.5 Å². The molecule has 3 rings (SSSR count). The number of piperidine rings is 1. The third kappa shape index (κ3) is 5.33. The Morgan fingerprint density at radius 3 is 2.44 bits per heavy atom. The van der Waals surface area contributed by atoms with E-state index in [4.69, 9.17) is 10.5 Å². The number of rotatable bonds is 5. The Hall–Kier alpha value is -3.23.